The van der Waals surface area contributed by atoms with E-state index in [2.05, 4.69) is 29.2 Å². The Morgan fingerprint density at radius 2 is 2.27 bits per heavy atom. The lowest BCUT2D eigenvalue weighted by atomic mass is 9.90. The van der Waals surface area contributed by atoms with Crippen molar-refractivity contribution in [2.75, 3.05) is 6.54 Å². The van der Waals surface area contributed by atoms with Gasteiger partial charge in [-0.1, -0.05) is 13.8 Å². The van der Waals surface area contributed by atoms with E-state index < -0.39 is 5.97 Å². The van der Waals surface area contributed by atoms with Crippen molar-refractivity contribution < 1.29 is 9.90 Å². The molecule has 22 heavy (non-hydrogen) atoms. The molecule has 2 aromatic heterocycles. The van der Waals surface area contributed by atoms with Crippen molar-refractivity contribution in [1.29, 1.82) is 0 Å². The highest BCUT2D eigenvalue weighted by Gasteiger charge is 2.27. The first-order valence-electron chi connectivity index (χ1n) is 7.57. The number of hydrogen-bond acceptors (Lipinski definition) is 4. The van der Waals surface area contributed by atoms with Crippen LogP contribution in [0.2, 0.25) is 0 Å². The highest BCUT2D eigenvalue weighted by Crippen LogP contribution is 2.33. The number of nitrogens with zero attached hydrogens (tertiary/aromatic N) is 3. The van der Waals surface area contributed by atoms with E-state index in [9.17, 15) is 9.90 Å². The van der Waals surface area contributed by atoms with Gasteiger partial charge in [0.05, 0.1) is 12.2 Å². The molecule has 2 aromatic rings. The third kappa shape index (κ3) is 2.62. The van der Waals surface area contributed by atoms with Gasteiger partial charge in [0.25, 0.3) is 0 Å². The molecule has 0 spiro atoms. The average molecular weight is 300 g/mol. The number of carboxylic acids is 1. The molecule has 6 heteroatoms. The second kappa shape index (κ2) is 5.88. The molecule has 0 radical (unpaired) electrons. The van der Waals surface area contributed by atoms with Crippen molar-refractivity contribution in [3.8, 4) is 11.3 Å². The standard InChI is InChI=1S/C16H20N4O2/c1-10(2)18-7-8-20-15(16(21)22)13-4-3-11-9-17-6-5-12(11)14(13)19-20/h5-6,9-10,18H,3-4,7-8H2,1-2H3,(H,21,22). The van der Waals surface area contributed by atoms with Crippen LogP contribution < -0.4 is 5.32 Å². The first-order valence-corrected chi connectivity index (χ1v) is 7.57. The van der Waals surface area contributed by atoms with E-state index in [0.29, 0.717) is 31.2 Å². The van der Waals surface area contributed by atoms with Crippen LogP contribution in [-0.4, -0.2) is 38.4 Å². The van der Waals surface area contributed by atoms with Gasteiger partial charge in [0.2, 0.25) is 0 Å². The van der Waals surface area contributed by atoms with Crippen molar-refractivity contribution >= 4 is 5.97 Å². The molecule has 0 aromatic carbocycles. The van der Waals surface area contributed by atoms with Gasteiger partial charge in [-0.2, -0.15) is 5.10 Å². The molecule has 6 nitrogen and oxygen atoms in total. The number of aromatic carboxylic acids is 1. The van der Waals surface area contributed by atoms with Crippen LogP contribution in [0.15, 0.2) is 18.5 Å². The van der Waals surface area contributed by atoms with Crippen LogP contribution in [0.5, 0.6) is 0 Å². The first-order chi connectivity index (χ1) is 10.6. The number of aromatic nitrogens is 3. The van der Waals surface area contributed by atoms with Crippen molar-refractivity contribution in [3.05, 3.63) is 35.3 Å². The lowest BCUT2D eigenvalue weighted by Crippen LogP contribution is -2.28. The summed E-state index contributed by atoms with van der Waals surface area (Å²) in [6.07, 6.45) is 5.09. The summed E-state index contributed by atoms with van der Waals surface area (Å²) in [7, 11) is 0. The van der Waals surface area contributed by atoms with Gasteiger partial charge in [-0.25, -0.2) is 4.79 Å². The minimum atomic E-state index is -0.907. The van der Waals surface area contributed by atoms with Gasteiger partial charge in [-0.3, -0.25) is 9.67 Å². The molecule has 0 amide bonds. The molecule has 1 aliphatic carbocycles. The number of pyridine rings is 1. The molecule has 0 atom stereocenters. The van der Waals surface area contributed by atoms with Gasteiger partial charge in [-0.15, -0.1) is 0 Å². The normalized spacial score (nSPS) is 13.0. The zero-order valence-corrected chi connectivity index (χ0v) is 12.8. The van der Waals surface area contributed by atoms with Gasteiger partial charge < -0.3 is 10.4 Å². The van der Waals surface area contributed by atoms with E-state index in [1.807, 2.05) is 12.3 Å². The molecular weight excluding hydrogens is 280 g/mol. The predicted octanol–water partition coefficient (Wildman–Crippen LogP) is 1.74. The molecule has 0 aliphatic heterocycles. The summed E-state index contributed by atoms with van der Waals surface area (Å²) in [5.41, 5.74) is 4.11. The summed E-state index contributed by atoms with van der Waals surface area (Å²) < 4.78 is 1.62. The van der Waals surface area contributed by atoms with Gasteiger partial charge >= 0.3 is 5.97 Å². The number of carbonyl (C=O) groups is 1. The number of fused-ring (bicyclic) bond motifs is 3. The third-order valence-corrected chi connectivity index (χ3v) is 3.93. The second-order valence-corrected chi connectivity index (χ2v) is 5.85. The van der Waals surface area contributed by atoms with Crippen LogP contribution >= 0.6 is 0 Å². The molecule has 0 saturated heterocycles. The topological polar surface area (TPSA) is 80.0 Å². The van der Waals surface area contributed by atoms with Crippen LogP contribution in [-0.2, 0) is 19.4 Å². The van der Waals surface area contributed by atoms with E-state index in [1.54, 1.807) is 10.9 Å². The maximum Gasteiger partial charge on any atom is 0.354 e. The summed E-state index contributed by atoms with van der Waals surface area (Å²) in [6, 6.07) is 2.29. The number of carboxylic acid groups (broad SMARTS) is 1. The number of rotatable bonds is 5. The Balaban J connectivity index is 1.99. The largest absolute Gasteiger partial charge is 0.477 e. The Bertz CT molecular complexity index is 706. The van der Waals surface area contributed by atoms with E-state index in [1.165, 1.54) is 0 Å². The third-order valence-electron chi connectivity index (χ3n) is 3.93. The van der Waals surface area contributed by atoms with Crippen molar-refractivity contribution in [3.63, 3.8) is 0 Å². The number of aryl methyl sites for hydroxylation is 1. The zero-order chi connectivity index (χ0) is 15.7. The molecule has 116 valence electrons. The quantitative estimate of drug-likeness (QED) is 0.879. The Labute approximate surface area is 129 Å². The summed E-state index contributed by atoms with van der Waals surface area (Å²) in [5.74, 6) is -0.907. The fourth-order valence-electron chi connectivity index (χ4n) is 2.93. The molecule has 2 heterocycles. The molecule has 0 saturated carbocycles. The second-order valence-electron chi connectivity index (χ2n) is 5.85. The first kappa shape index (κ1) is 14.7. The molecule has 0 unspecified atom stereocenters. The smallest absolute Gasteiger partial charge is 0.354 e. The number of hydrogen-bond donors (Lipinski definition) is 2. The van der Waals surface area contributed by atoms with Crippen LogP contribution in [0.1, 0.15) is 35.5 Å². The fraction of sp³-hybridized carbons (Fsp3) is 0.438. The van der Waals surface area contributed by atoms with Gasteiger partial charge in [0.1, 0.15) is 5.69 Å². The summed E-state index contributed by atoms with van der Waals surface area (Å²) in [6.45, 7) is 5.37. The molecule has 2 N–H and O–H groups in total. The Kier molecular flexibility index (Phi) is 3.94. The Morgan fingerprint density at radius 3 is 3.00 bits per heavy atom. The lowest BCUT2D eigenvalue weighted by Gasteiger charge is -2.14. The monoisotopic (exact) mass is 300 g/mol. The highest BCUT2D eigenvalue weighted by molar-refractivity contribution is 5.90. The van der Waals surface area contributed by atoms with E-state index in [-0.39, 0.29) is 0 Å². The lowest BCUT2D eigenvalue weighted by molar-refractivity contribution is 0.0682. The van der Waals surface area contributed by atoms with Gasteiger partial charge in [0, 0.05) is 36.1 Å². The van der Waals surface area contributed by atoms with Gasteiger partial charge in [0.15, 0.2) is 0 Å². The Hall–Kier alpha value is -2.21. The van der Waals surface area contributed by atoms with E-state index >= 15 is 0 Å². The highest BCUT2D eigenvalue weighted by atomic mass is 16.4. The molecule has 0 bridgehead atoms. The predicted molar refractivity (Wildman–Crippen MR) is 83.0 cm³/mol. The maximum atomic E-state index is 11.7. The van der Waals surface area contributed by atoms with Crippen LogP contribution in [0, 0.1) is 0 Å². The maximum absolute atomic E-state index is 11.7. The average Bonchev–Trinajstić information content (AvgIpc) is 2.85. The summed E-state index contributed by atoms with van der Waals surface area (Å²) in [4.78, 5) is 15.8. The van der Waals surface area contributed by atoms with Crippen molar-refractivity contribution in [2.24, 2.45) is 0 Å². The molecular formula is C16H20N4O2. The minimum Gasteiger partial charge on any atom is -0.477 e. The zero-order valence-electron chi connectivity index (χ0n) is 12.8. The number of nitrogens with one attached hydrogen (secondary N) is 1. The molecule has 3 rings (SSSR count). The van der Waals surface area contributed by atoms with E-state index in [0.717, 1.165) is 28.8 Å². The van der Waals surface area contributed by atoms with E-state index in [4.69, 9.17) is 0 Å². The summed E-state index contributed by atoms with van der Waals surface area (Å²) >= 11 is 0. The molecule has 0 fully saturated rings. The van der Waals surface area contributed by atoms with Crippen LogP contribution in [0.3, 0.4) is 0 Å². The fourth-order valence-corrected chi connectivity index (χ4v) is 2.93. The van der Waals surface area contributed by atoms with Crippen LogP contribution in [0.25, 0.3) is 11.3 Å². The Morgan fingerprint density at radius 1 is 1.45 bits per heavy atom. The summed E-state index contributed by atoms with van der Waals surface area (Å²) in [5, 5.41) is 17.4. The van der Waals surface area contributed by atoms with Crippen molar-refractivity contribution in [2.45, 2.75) is 39.3 Å². The molecule has 1 aliphatic rings. The van der Waals surface area contributed by atoms with Crippen LogP contribution in [0.4, 0.5) is 0 Å². The SMILES string of the molecule is CC(C)NCCn1nc2c(c1C(=O)O)CCc1cnccc1-2. The van der Waals surface area contributed by atoms with Gasteiger partial charge in [-0.05, 0) is 24.5 Å². The van der Waals surface area contributed by atoms with Crippen molar-refractivity contribution in [1.82, 2.24) is 20.1 Å². The minimum absolute atomic E-state index is 0.322.